The molecular formula is C13H17FO5. The number of carbonyl (C=O) groups excluding carboxylic acids is 1. The lowest BCUT2D eigenvalue weighted by molar-refractivity contribution is -0.153. The highest BCUT2D eigenvalue weighted by Gasteiger charge is 2.31. The molecule has 6 heteroatoms. The highest BCUT2D eigenvalue weighted by atomic mass is 19.1. The third-order valence-corrected chi connectivity index (χ3v) is 2.54. The maximum Gasteiger partial charge on any atom is 0.343 e. The fourth-order valence-electron chi connectivity index (χ4n) is 1.58. The third-order valence-electron chi connectivity index (χ3n) is 2.54. The zero-order valence-electron chi connectivity index (χ0n) is 11.1. The predicted octanol–water partition coefficient (Wildman–Crippen LogP) is 1.64. The molecule has 0 radical (unpaired) electrons. The van der Waals surface area contributed by atoms with Crippen LogP contribution < -0.4 is 9.47 Å². The Hall–Kier alpha value is -1.82. The average molecular weight is 272 g/mol. The summed E-state index contributed by atoms with van der Waals surface area (Å²) in [5.74, 6) is -0.425. The Balaban J connectivity index is 3.02. The molecule has 0 bridgehead atoms. The topological polar surface area (TPSA) is 65.0 Å². The van der Waals surface area contributed by atoms with Crippen molar-refractivity contribution in [2.75, 3.05) is 20.8 Å². The molecule has 106 valence electrons. The first-order valence-electron chi connectivity index (χ1n) is 5.75. The fraction of sp³-hybridized carbons (Fsp3) is 0.462. The molecule has 0 aromatic heterocycles. The van der Waals surface area contributed by atoms with E-state index in [-0.39, 0.29) is 17.9 Å². The van der Waals surface area contributed by atoms with Gasteiger partial charge in [-0.15, -0.1) is 0 Å². The molecule has 19 heavy (non-hydrogen) atoms. The lowest BCUT2D eigenvalue weighted by Crippen LogP contribution is -2.26. The lowest BCUT2D eigenvalue weighted by atomic mass is 10.0. The maximum atomic E-state index is 13.8. The van der Waals surface area contributed by atoms with Gasteiger partial charge in [0.15, 0.2) is 0 Å². The van der Waals surface area contributed by atoms with E-state index in [0.717, 1.165) is 0 Å². The first-order chi connectivity index (χ1) is 9.04. The van der Waals surface area contributed by atoms with Crippen LogP contribution in [0.15, 0.2) is 18.2 Å². The summed E-state index contributed by atoms with van der Waals surface area (Å²) in [6, 6.07) is 4.54. The quantitative estimate of drug-likeness (QED) is 0.797. The van der Waals surface area contributed by atoms with Crippen LogP contribution in [0.2, 0.25) is 0 Å². The van der Waals surface area contributed by atoms with Gasteiger partial charge in [-0.25, -0.2) is 9.18 Å². The summed E-state index contributed by atoms with van der Waals surface area (Å²) < 4.78 is 28.3. The van der Waals surface area contributed by atoms with Crippen molar-refractivity contribution < 1.29 is 28.5 Å². The lowest BCUT2D eigenvalue weighted by Gasteiger charge is -2.18. The molecule has 2 unspecified atom stereocenters. The molecule has 1 aromatic rings. The van der Waals surface area contributed by atoms with Crippen LogP contribution in [-0.4, -0.2) is 38.1 Å². The van der Waals surface area contributed by atoms with E-state index < -0.39 is 18.2 Å². The van der Waals surface area contributed by atoms with Gasteiger partial charge in [0.1, 0.15) is 17.6 Å². The second-order valence-corrected chi connectivity index (χ2v) is 3.71. The van der Waals surface area contributed by atoms with Gasteiger partial charge in [-0.05, 0) is 25.1 Å². The van der Waals surface area contributed by atoms with Gasteiger partial charge in [-0.2, -0.15) is 0 Å². The Kier molecular flexibility index (Phi) is 5.57. The van der Waals surface area contributed by atoms with Crippen molar-refractivity contribution in [3.8, 4) is 11.5 Å². The van der Waals surface area contributed by atoms with E-state index in [1.807, 2.05) is 0 Å². The number of halogens is 1. The van der Waals surface area contributed by atoms with Crippen LogP contribution in [0.3, 0.4) is 0 Å². The second-order valence-electron chi connectivity index (χ2n) is 3.71. The molecule has 0 aliphatic heterocycles. The number of aliphatic hydroxyl groups is 1. The number of carbonyl (C=O) groups is 1. The molecule has 0 aliphatic carbocycles. The molecule has 0 heterocycles. The van der Waals surface area contributed by atoms with Gasteiger partial charge in [0.2, 0.25) is 6.17 Å². The standard InChI is InChI=1S/C13H17FO5/c1-4-19-13(16)11(14)12(15)9-7-8(17-2)5-6-10(9)18-3/h5-7,11-12,15H,4H2,1-3H3. The van der Waals surface area contributed by atoms with Crippen LogP contribution in [0, 0.1) is 0 Å². The van der Waals surface area contributed by atoms with Gasteiger partial charge < -0.3 is 19.3 Å². The number of benzene rings is 1. The number of hydrogen-bond donors (Lipinski definition) is 1. The van der Waals surface area contributed by atoms with Crippen LogP contribution in [-0.2, 0) is 9.53 Å². The van der Waals surface area contributed by atoms with Crippen LogP contribution in [0.5, 0.6) is 11.5 Å². The summed E-state index contributed by atoms with van der Waals surface area (Å²) >= 11 is 0. The molecular weight excluding hydrogens is 255 g/mol. The smallest absolute Gasteiger partial charge is 0.343 e. The Bertz CT molecular complexity index is 435. The Labute approximate surface area is 110 Å². The second kappa shape index (κ2) is 6.94. The van der Waals surface area contributed by atoms with Crippen molar-refractivity contribution in [3.05, 3.63) is 23.8 Å². The molecule has 0 aliphatic rings. The third kappa shape index (κ3) is 3.57. The van der Waals surface area contributed by atoms with Gasteiger partial charge in [0.25, 0.3) is 0 Å². The Morgan fingerprint density at radius 3 is 2.58 bits per heavy atom. The number of alkyl halides is 1. The van der Waals surface area contributed by atoms with Crippen molar-refractivity contribution in [1.82, 2.24) is 0 Å². The van der Waals surface area contributed by atoms with E-state index in [1.54, 1.807) is 13.0 Å². The largest absolute Gasteiger partial charge is 0.497 e. The monoisotopic (exact) mass is 272 g/mol. The first-order valence-corrected chi connectivity index (χ1v) is 5.75. The molecule has 0 spiro atoms. The van der Waals surface area contributed by atoms with E-state index in [4.69, 9.17) is 9.47 Å². The molecule has 1 aromatic carbocycles. The Morgan fingerprint density at radius 2 is 2.05 bits per heavy atom. The van der Waals surface area contributed by atoms with E-state index in [2.05, 4.69) is 4.74 Å². The summed E-state index contributed by atoms with van der Waals surface area (Å²) in [6.07, 6.45) is -3.86. The number of methoxy groups -OCH3 is 2. The zero-order chi connectivity index (χ0) is 14.4. The van der Waals surface area contributed by atoms with Crippen LogP contribution in [0.1, 0.15) is 18.6 Å². The molecule has 1 N–H and O–H groups in total. The molecule has 0 amide bonds. The van der Waals surface area contributed by atoms with Gasteiger partial charge in [-0.1, -0.05) is 0 Å². The number of aliphatic hydroxyl groups excluding tert-OH is 1. The van der Waals surface area contributed by atoms with Gasteiger partial charge in [0.05, 0.1) is 20.8 Å². The minimum atomic E-state index is -2.18. The van der Waals surface area contributed by atoms with E-state index in [9.17, 15) is 14.3 Å². The summed E-state index contributed by atoms with van der Waals surface area (Å²) in [4.78, 5) is 11.3. The molecule has 5 nitrogen and oxygen atoms in total. The minimum absolute atomic E-state index is 0.0429. The molecule has 0 fully saturated rings. The fourth-order valence-corrected chi connectivity index (χ4v) is 1.58. The summed E-state index contributed by atoms with van der Waals surface area (Å²) in [7, 11) is 2.83. The minimum Gasteiger partial charge on any atom is -0.497 e. The molecule has 0 saturated carbocycles. The Morgan fingerprint density at radius 1 is 1.37 bits per heavy atom. The van der Waals surface area contributed by atoms with Crippen LogP contribution in [0.25, 0.3) is 0 Å². The van der Waals surface area contributed by atoms with E-state index >= 15 is 0 Å². The SMILES string of the molecule is CCOC(=O)C(F)C(O)c1cc(OC)ccc1OC. The van der Waals surface area contributed by atoms with Crippen LogP contribution >= 0.6 is 0 Å². The molecule has 0 saturated heterocycles. The zero-order valence-corrected chi connectivity index (χ0v) is 11.1. The maximum absolute atomic E-state index is 13.8. The van der Waals surface area contributed by atoms with E-state index in [1.165, 1.54) is 26.4 Å². The average Bonchev–Trinajstić information content (AvgIpc) is 2.45. The van der Waals surface area contributed by atoms with Gasteiger partial charge in [0, 0.05) is 5.56 Å². The number of rotatable bonds is 6. The van der Waals surface area contributed by atoms with Crippen molar-refractivity contribution in [2.24, 2.45) is 0 Å². The summed E-state index contributed by atoms with van der Waals surface area (Å²) in [5.41, 5.74) is 0.127. The highest BCUT2D eigenvalue weighted by Crippen LogP contribution is 2.32. The molecule has 1 rings (SSSR count). The number of hydrogen-bond acceptors (Lipinski definition) is 5. The van der Waals surface area contributed by atoms with Crippen molar-refractivity contribution in [3.63, 3.8) is 0 Å². The van der Waals surface area contributed by atoms with Crippen molar-refractivity contribution >= 4 is 5.97 Å². The van der Waals surface area contributed by atoms with Gasteiger partial charge >= 0.3 is 5.97 Å². The first kappa shape index (κ1) is 15.2. The van der Waals surface area contributed by atoms with Crippen molar-refractivity contribution in [1.29, 1.82) is 0 Å². The van der Waals surface area contributed by atoms with Crippen molar-refractivity contribution in [2.45, 2.75) is 19.2 Å². The van der Waals surface area contributed by atoms with E-state index in [0.29, 0.717) is 5.75 Å². The van der Waals surface area contributed by atoms with Gasteiger partial charge in [-0.3, -0.25) is 0 Å². The van der Waals surface area contributed by atoms with Crippen LogP contribution in [0.4, 0.5) is 4.39 Å². The molecule has 2 atom stereocenters. The number of esters is 1. The highest BCUT2D eigenvalue weighted by molar-refractivity contribution is 5.75. The normalized spacial score (nSPS) is 13.5. The summed E-state index contributed by atoms with van der Waals surface area (Å²) in [5, 5.41) is 9.91. The predicted molar refractivity (Wildman–Crippen MR) is 66.0 cm³/mol. The number of ether oxygens (including phenoxy) is 3. The summed E-state index contributed by atoms with van der Waals surface area (Å²) in [6.45, 7) is 1.60.